The number of sulfonamides is 1. The van der Waals surface area contributed by atoms with Crippen molar-refractivity contribution in [3.05, 3.63) is 59.7 Å². The molecule has 0 saturated heterocycles. The second-order valence-corrected chi connectivity index (χ2v) is 7.78. The molecule has 0 heterocycles. The SMILES string of the molecule is CCN(CC)S(=O)(=O)c1ccc(C(=O)OCC(=O)c2ccc(OC)cc2)cc1. The van der Waals surface area contributed by atoms with Crippen LogP contribution in [-0.2, 0) is 14.8 Å². The first-order chi connectivity index (χ1) is 13.3. The zero-order valence-electron chi connectivity index (χ0n) is 16.0. The van der Waals surface area contributed by atoms with Crippen LogP contribution in [0.2, 0.25) is 0 Å². The Morgan fingerprint density at radius 2 is 1.43 bits per heavy atom. The largest absolute Gasteiger partial charge is 0.497 e. The summed E-state index contributed by atoms with van der Waals surface area (Å²) in [7, 11) is -2.07. The lowest BCUT2D eigenvalue weighted by Crippen LogP contribution is -2.30. The van der Waals surface area contributed by atoms with Crippen molar-refractivity contribution in [2.75, 3.05) is 26.8 Å². The van der Waals surface area contributed by atoms with Gasteiger partial charge in [0.25, 0.3) is 0 Å². The zero-order chi connectivity index (χ0) is 20.7. The monoisotopic (exact) mass is 405 g/mol. The number of benzene rings is 2. The zero-order valence-corrected chi connectivity index (χ0v) is 16.9. The molecule has 8 heteroatoms. The highest BCUT2D eigenvalue weighted by atomic mass is 32.2. The maximum absolute atomic E-state index is 12.4. The molecule has 150 valence electrons. The van der Waals surface area contributed by atoms with Crippen LogP contribution in [0.1, 0.15) is 34.6 Å². The number of ketones is 1. The first kappa shape index (κ1) is 21.6. The molecule has 0 unspecified atom stereocenters. The van der Waals surface area contributed by atoms with Crippen LogP contribution >= 0.6 is 0 Å². The summed E-state index contributed by atoms with van der Waals surface area (Å²) in [6, 6.07) is 11.9. The molecule has 2 aromatic carbocycles. The van der Waals surface area contributed by atoms with Gasteiger partial charge in [-0.3, -0.25) is 4.79 Å². The molecule has 0 N–H and O–H groups in total. The van der Waals surface area contributed by atoms with Gasteiger partial charge in [0, 0.05) is 18.7 Å². The molecule has 28 heavy (non-hydrogen) atoms. The molecule has 0 atom stereocenters. The molecule has 0 amide bonds. The van der Waals surface area contributed by atoms with E-state index in [2.05, 4.69) is 0 Å². The number of rotatable bonds is 9. The maximum atomic E-state index is 12.4. The van der Waals surface area contributed by atoms with E-state index in [0.29, 0.717) is 24.4 Å². The van der Waals surface area contributed by atoms with E-state index >= 15 is 0 Å². The highest BCUT2D eigenvalue weighted by Gasteiger charge is 2.22. The van der Waals surface area contributed by atoms with E-state index in [1.165, 1.54) is 35.7 Å². The standard InChI is InChI=1S/C20H23NO6S/c1-4-21(5-2)28(24,25)18-12-8-16(9-13-18)20(23)27-14-19(22)15-6-10-17(26-3)11-7-15/h6-13H,4-5,14H2,1-3H3. The van der Waals surface area contributed by atoms with Gasteiger partial charge in [-0.15, -0.1) is 0 Å². The third kappa shape index (κ3) is 4.96. The molecule has 0 bridgehead atoms. The van der Waals surface area contributed by atoms with Crippen LogP contribution in [0, 0.1) is 0 Å². The third-order valence-corrected chi connectivity index (χ3v) is 6.24. The number of Topliss-reactive ketones (excluding diaryl/α,β-unsaturated/α-hetero) is 1. The normalized spacial score (nSPS) is 11.3. The predicted octanol–water partition coefficient (Wildman–Crippen LogP) is 2.77. The van der Waals surface area contributed by atoms with Crippen LogP contribution in [0.4, 0.5) is 0 Å². The topological polar surface area (TPSA) is 90.0 Å². The second kappa shape index (κ2) is 9.48. The highest BCUT2D eigenvalue weighted by molar-refractivity contribution is 7.89. The minimum absolute atomic E-state index is 0.0991. The lowest BCUT2D eigenvalue weighted by atomic mass is 10.1. The van der Waals surface area contributed by atoms with Crippen molar-refractivity contribution in [1.82, 2.24) is 4.31 Å². The Balaban J connectivity index is 2.02. The Kier molecular flexibility index (Phi) is 7.31. The van der Waals surface area contributed by atoms with Gasteiger partial charge in [-0.1, -0.05) is 13.8 Å². The van der Waals surface area contributed by atoms with Gasteiger partial charge in [-0.25, -0.2) is 13.2 Å². The average molecular weight is 405 g/mol. The van der Waals surface area contributed by atoms with Crippen molar-refractivity contribution in [2.24, 2.45) is 0 Å². The quantitative estimate of drug-likeness (QED) is 0.471. The lowest BCUT2D eigenvalue weighted by Gasteiger charge is -2.18. The average Bonchev–Trinajstić information content (AvgIpc) is 2.72. The van der Waals surface area contributed by atoms with Gasteiger partial charge >= 0.3 is 5.97 Å². The number of methoxy groups -OCH3 is 1. The summed E-state index contributed by atoms with van der Waals surface area (Å²) >= 11 is 0. The van der Waals surface area contributed by atoms with Gasteiger partial charge in [0.05, 0.1) is 17.6 Å². The molecule has 0 fully saturated rings. The van der Waals surface area contributed by atoms with Crippen molar-refractivity contribution in [3.8, 4) is 5.75 Å². The van der Waals surface area contributed by atoms with Crippen molar-refractivity contribution in [3.63, 3.8) is 0 Å². The van der Waals surface area contributed by atoms with Gasteiger partial charge < -0.3 is 9.47 Å². The summed E-state index contributed by atoms with van der Waals surface area (Å²) in [5, 5.41) is 0. The van der Waals surface area contributed by atoms with E-state index in [0.717, 1.165) is 0 Å². The van der Waals surface area contributed by atoms with Crippen molar-refractivity contribution in [1.29, 1.82) is 0 Å². The number of ether oxygens (including phenoxy) is 2. The van der Waals surface area contributed by atoms with E-state index in [1.54, 1.807) is 38.1 Å². The van der Waals surface area contributed by atoms with Crippen LogP contribution in [0.15, 0.2) is 53.4 Å². The fraction of sp³-hybridized carbons (Fsp3) is 0.300. The van der Waals surface area contributed by atoms with Crippen LogP contribution in [0.25, 0.3) is 0 Å². The van der Waals surface area contributed by atoms with Gasteiger partial charge in [-0.05, 0) is 48.5 Å². The van der Waals surface area contributed by atoms with E-state index in [-0.39, 0.29) is 16.2 Å². The van der Waals surface area contributed by atoms with Crippen LogP contribution in [-0.4, -0.2) is 51.3 Å². The Morgan fingerprint density at radius 3 is 1.93 bits per heavy atom. The number of nitrogens with zero attached hydrogens (tertiary/aromatic N) is 1. The first-order valence-corrected chi connectivity index (χ1v) is 10.2. The molecule has 0 radical (unpaired) electrons. The predicted molar refractivity (Wildman–Crippen MR) is 104 cm³/mol. The van der Waals surface area contributed by atoms with E-state index in [4.69, 9.17) is 9.47 Å². The van der Waals surface area contributed by atoms with Crippen LogP contribution in [0.3, 0.4) is 0 Å². The highest BCUT2D eigenvalue weighted by Crippen LogP contribution is 2.17. The number of carbonyl (C=O) groups excluding carboxylic acids is 2. The fourth-order valence-electron chi connectivity index (χ4n) is 2.55. The first-order valence-electron chi connectivity index (χ1n) is 8.78. The van der Waals surface area contributed by atoms with E-state index in [1.807, 2.05) is 0 Å². The van der Waals surface area contributed by atoms with Gasteiger partial charge in [0.1, 0.15) is 5.75 Å². The fourth-order valence-corrected chi connectivity index (χ4v) is 4.01. The molecule has 0 spiro atoms. The molecule has 0 saturated carbocycles. The number of carbonyl (C=O) groups is 2. The van der Waals surface area contributed by atoms with E-state index in [9.17, 15) is 18.0 Å². The molecule has 0 aliphatic carbocycles. The summed E-state index contributed by atoms with van der Waals surface area (Å²) in [6.45, 7) is 3.82. The summed E-state index contributed by atoms with van der Waals surface area (Å²) in [5.74, 6) is -0.432. The second-order valence-electron chi connectivity index (χ2n) is 5.84. The Morgan fingerprint density at radius 1 is 0.893 bits per heavy atom. The molecular weight excluding hydrogens is 382 g/mol. The molecule has 2 rings (SSSR count). The molecule has 0 aromatic heterocycles. The molecular formula is C20H23NO6S. The maximum Gasteiger partial charge on any atom is 0.338 e. The smallest absolute Gasteiger partial charge is 0.338 e. The third-order valence-electron chi connectivity index (χ3n) is 4.18. The lowest BCUT2D eigenvalue weighted by molar-refractivity contribution is 0.0474. The molecule has 7 nitrogen and oxygen atoms in total. The Hall–Kier alpha value is -2.71. The molecule has 0 aliphatic rings. The van der Waals surface area contributed by atoms with Gasteiger partial charge in [-0.2, -0.15) is 4.31 Å². The van der Waals surface area contributed by atoms with Crippen LogP contribution < -0.4 is 4.74 Å². The van der Waals surface area contributed by atoms with Gasteiger partial charge in [0.2, 0.25) is 10.0 Å². The Labute approximate surface area is 164 Å². The minimum atomic E-state index is -3.59. The number of hydrogen-bond acceptors (Lipinski definition) is 6. The van der Waals surface area contributed by atoms with Crippen LogP contribution in [0.5, 0.6) is 5.75 Å². The van der Waals surface area contributed by atoms with E-state index < -0.39 is 22.6 Å². The van der Waals surface area contributed by atoms with Crippen molar-refractivity contribution >= 4 is 21.8 Å². The summed E-state index contributed by atoms with van der Waals surface area (Å²) in [5.41, 5.74) is 0.565. The number of hydrogen-bond donors (Lipinski definition) is 0. The summed E-state index contributed by atoms with van der Waals surface area (Å²) in [6.07, 6.45) is 0. The minimum Gasteiger partial charge on any atom is -0.497 e. The molecule has 0 aliphatic heterocycles. The Bertz CT molecular complexity index is 916. The van der Waals surface area contributed by atoms with Gasteiger partial charge in [0.15, 0.2) is 12.4 Å². The van der Waals surface area contributed by atoms with Crippen molar-refractivity contribution < 1.29 is 27.5 Å². The number of esters is 1. The molecule has 2 aromatic rings. The summed E-state index contributed by atoms with van der Waals surface area (Å²) < 4.78 is 36.3. The van der Waals surface area contributed by atoms with Crippen molar-refractivity contribution in [2.45, 2.75) is 18.7 Å². The summed E-state index contributed by atoms with van der Waals surface area (Å²) in [4.78, 5) is 24.3.